The quantitative estimate of drug-likeness (QED) is 0.759. The van der Waals surface area contributed by atoms with Crippen LogP contribution in [0.25, 0.3) is 0 Å². The molecule has 0 saturated carbocycles. The van der Waals surface area contributed by atoms with Gasteiger partial charge in [0.1, 0.15) is 12.7 Å². The van der Waals surface area contributed by atoms with Gasteiger partial charge in [-0.15, -0.1) is 0 Å². The zero-order valence-electron chi connectivity index (χ0n) is 12.9. The third kappa shape index (κ3) is 4.53. The zero-order valence-corrected chi connectivity index (χ0v) is 13.7. The third-order valence-corrected chi connectivity index (χ3v) is 4.40. The van der Waals surface area contributed by atoms with Gasteiger partial charge >= 0.3 is 5.97 Å². The SMILES string of the molecule is CC1(C)OC[C@H](COC(=O)Cc2ccccc2S(C)(=O)=O)O1. The predicted molar refractivity (Wildman–Crippen MR) is 79.1 cm³/mol. The fraction of sp³-hybridized carbons (Fsp3) is 0.533. The van der Waals surface area contributed by atoms with E-state index in [0.717, 1.165) is 6.26 Å². The van der Waals surface area contributed by atoms with Crippen LogP contribution in [0.3, 0.4) is 0 Å². The standard InChI is InChI=1S/C15H20O6S/c1-15(2)20-10-12(21-15)9-19-14(16)8-11-6-4-5-7-13(11)22(3,17)18/h4-7,12H,8-10H2,1-3H3/t12-/m0/s1. The van der Waals surface area contributed by atoms with E-state index in [9.17, 15) is 13.2 Å². The average molecular weight is 328 g/mol. The van der Waals surface area contributed by atoms with Crippen LogP contribution in [0.1, 0.15) is 19.4 Å². The molecular weight excluding hydrogens is 308 g/mol. The highest BCUT2D eigenvalue weighted by molar-refractivity contribution is 7.90. The molecule has 0 aromatic heterocycles. The van der Waals surface area contributed by atoms with E-state index in [0.29, 0.717) is 12.2 Å². The highest BCUT2D eigenvalue weighted by atomic mass is 32.2. The summed E-state index contributed by atoms with van der Waals surface area (Å²) in [6.07, 6.45) is 0.715. The molecule has 1 fully saturated rings. The molecule has 122 valence electrons. The molecule has 1 saturated heterocycles. The smallest absolute Gasteiger partial charge is 0.310 e. The van der Waals surface area contributed by atoms with Crippen molar-refractivity contribution in [1.29, 1.82) is 0 Å². The van der Waals surface area contributed by atoms with Gasteiger partial charge in [0, 0.05) is 6.26 Å². The lowest BCUT2D eigenvalue weighted by Gasteiger charge is -2.17. The van der Waals surface area contributed by atoms with E-state index >= 15 is 0 Å². The minimum atomic E-state index is -3.38. The van der Waals surface area contributed by atoms with Gasteiger partial charge in [-0.1, -0.05) is 18.2 Å². The molecule has 0 N–H and O–H groups in total. The summed E-state index contributed by atoms with van der Waals surface area (Å²) in [6.45, 7) is 4.03. The van der Waals surface area contributed by atoms with Crippen molar-refractivity contribution in [3.63, 3.8) is 0 Å². The summed E-state index contributed by atoms with van der Waals surface area (Å²) in [7, 11) is -3.38. The number of sulfone groups is 1. The van der Waals surface area contributed by atoms with Gasteiger partial charge in [-0.2, -0.15) is 0 Å². The highest BCUT2D eigenvalue weighted by Crippen LogP contribution is 2.22. The van der Waals surface area contributed by atoms with Crippen molar-refractivity contribution in [2.75, 3.05) is 19.5 Å². The fourth-order valence-corrected chi connectivity index (χ4v) is 3.19. The lowest BCUT2D eigenvalue weighted by atomic mass is 10.1. The Morgan fingerprint density at radius 2 is 2.05 bits per heavy atom. The molecule has 1 aliphatic heterocycles. The second kappa shape index (κ2) is 6.36. The van der Waals surface area contributed by atoms with E-state index in [1.807, 2.05) is 0 Å². The van der Waals surface area contributed by atoms with E-state index in [1.165, 1.54) is 6.07 Å². The van der Waals surface area contributed by atoms with Gasteiger partial charge < -0.3 is 14.2 Å². The van der Waals surface area contributed by atoms with E-state index in [-0.39, 0.29) is 24.0 Å². The van der Waals surface area contributed by atoms with E-state index in [4.69, 9.17) is 14.2 Å². The van der Waals surface area contributed by atoms with E-state index < -0.39 is 21.6 Å². The first-order valence-corrected chi connectivity index (χ1v) is 8.82. The summed E-state index contributed by atoms with van der Waals surface area (Å²) in [4.78, 5) is 12.0. The number of esters is 1. The van der Waals surface area contributed by atoms with Crippen LogP contribution in [-0.2, 0) is 35.3 Å². The van der Waals surface area contributed by atoms with Crippen molar-refractivity contribution in [3.05, 3.63) is 29.8 Å². The molecule has 0 aliphatic carbocycles. The van der Waals surface area contributed by atoms with Gasteiger partial charge in [0.2, 0.25) is 0 Å². The minimum absolute atomic E-state index is 0.0866. The topological polar surface area (TPSA) is 78.9 Å². The molecule has 0 amide bonds. The molecule has 0 bridgehead atoms. The summed E-state index contributed by atoms with van der Waals surface area (Å²) in [5.74, 6) is -1.16. The Balaban J connectivity index is 1.93. The molecule has 0 radical (unpaired) electrons. The number of carbonyl (C=O) groups excluding carboxylic acids is 1. The Kier molecular flexibility index (Phi) is 4.89. The van der Waals surface area contributed by atoms with Crippen molar-refractivity contribution in [2.24, 2.45) is 0 Å². The fourth-order valence-electron chi connectivity index (χ4n) is 2.25. The second-order valence-electron chi connectivity index (χ2n) is 5.69. The minimum Gasteiger partial charge on any atom is -0.463 e. The summed E-state index contributed by atoms with van der Waals surface area (Å²) in [5, 5.41) is 0. The van der Waals surface area contributed by atoms with Crippen molar-refractivity contribution < 1.29 is 27.4 Å². The van der Waals surface area contributed by atoms with Crippen molar-refractivity contribution in [3.8, 4) is 0 Å². The zero-order chi connectivity index (χ0) is 16.4. The number of hydrogen-bond donors (Lipinski definition) is 0. The van der Waals surface area contributed by atoms with Crippen LogP contribution in [0, 0.1) is 0 Å². The molecule has 1 aromatic carbocycles. The van der Waals surface area contributed by atoms with Crippen LogP contribution in [0.4, 0.5) is 0 Å². The number of rotatable bonds is 5. The van der Waals surface area contributed by atoms with Crippen LogP contribution < -0.4 is 0 Å². The Morgan fingerprint density at radius 1 is 1.36 bits per heavy atom. The molecule has 22 heavy (non-hydrogen) atoms. The molecule has 2 rings (SSSR count). The van der Waals surface area contributed by atoms with E-state index in [1.54, 1.807) is 32.0 Å². The Labute approximate surface area is 130 Å². The molecule has 1 atom stereocenters. The molecule has 6 nitrogen and oxygen atoms in total. The molecule has 1 heterocycles. The Hall–Kier alpha value is -1.44. The van der Waals surface area contributed by atoms with Crippen molar-refractivity contribution in [2.45, 2.75) is 37.1 Å². The van der Waals surface area contributed by atoms with Crippen molar-refractivity contribution in [1.82, 2.24) is 0 Å². The normalized spacial score (nSPS) is 20.8. The van der Waals surface area contributed by atoms with Gasteiger partial charge in [0.05, 0.1) is 17.9 Å². The monoisotopic (exact) mass is 328 g/mol. The number of hydrogen-bond acceptors (Lipinski definition) is 6. The van der Waals surface area contributed by atoms with Gasteiger partial charge in [0.15, 0.2) is 15.6 Å². The van der Waals surface area contributed by atoms with Crippen LogP contribution >= 0.6 is 0 Å². The Morgan fingerprint density at radius 3 is 2.64 bits per heavy atom. The molecule has 0 spiro atoms. The molecule has 1 aliphatic rings. The number of ether oxygens (including phenoxy) is 3. The lowest BCUT2D eigenvalue weighted by molar-refractivity contribution is -0.157. The van der Waals surface area contributed by atoms with Gasteiger partial charge in [0.25, 0.3) is 0 Å². The molecular formula is C15H20O6S. The average Bonchev–Trinajstić information content (AvgIpc) is 2.75. The number of benzene rings is 1. The predicted octanol–water partition coefficient (Wildman–Crippen LogP) is 1.33. The maximum atomic E-state index is 11.9. The maximum absolute atomic E-state index is 11.9. The lowest BCUT2D eigenvalue weighted by Crippen LogP contribution is -2.25. The summed E-state index contributed by atoms with van der Waals surface area (Å²) >= 11 is 0. The largest absolute Gasteiger partial charge is 0.463 e. The van der Waals surface area contributed by atoms with E-state index in [2.05, 4.69) is 0 Å². The maximum Gasteiger partial charge on any atom is 0.310 e. The summed E-state index contributed by atoms with van der Waals surface area (Å²) < 4.78 is 39.4. The van der Waals surface area contributed by atoms with Gasteiger partial charge in [-0.3, -0.25) is 4.79 Å². The highest BCUT2D eigenvalue weighted by Gasteiger charge is 2.33. The van der Waals surface area contributed by atoms with Crippen LogP contribution in [-0.4, -0.2) is 45.7 Å². The summed E-state index contributed by atoms with van der Waals surface area (Å²) in [5.41, 5.74) is 0.430. The number of carbonyl (C=O) groups is 1. The molecule has 0 unspecified atom stereocenters. The van der Waals surface area contributed by atoms with Crippen molar-refractivity contribution >= 4 is 15.8 Å². The van der Waals surface area contributed by atoms with Gasteiger partial charge in [-0.05, 0) is 25.5 Å². The molecule has 7 heteroatoms. The molecule has 1 aromatic rings. The summed E-state index contributed by atoms with van der Waals surface area (Å²) in [6, 6.07) is 6.40. The van der Waals surface area contributed by atoms with Crippen LogP contribution in [0.5, 0.6) is 0 Å². The van der Waals surface area contributed by atoms with Crippen LogP contribution in [0.15, 0.2) is 29.2 Å². The second-order valence-corrected chi connectivity index (χ2v) is 7.67. The van der Waals surface area contributed by atoms with Gasteiger partial charge in [-0.25, -0.2) is 8.42 Å². The first-order valence-electron chi connectivity index (χ1n) is 6.93. The third-order valence-electron chi connectivity index (χ3n) is 3.20. The first kappa shape index (κ1) is 16.9. The first-order chi connectivity index (χ1) is 10.2. The van der Waals surface area contributed by atoms with Crippen LogP contribution in [0.2, 0.25) is 0 Å². The Bertz CT molecular complexity index is 650.